The van der Waals surface area contributed by atoms with E-state index in [0.29, 0.717) is 0 Å². The third-order valence-corrected chi connectivity index (χ3v) is 3.06. The third-order valence-electron chi connectivity index (χ3n) is 2.48. The van der Waals surface area contributed by atoms with E-state index in [1.54, 1.807) is 18.6 Å². The highest BCUT2D eigenvalue weighted by molar-refractivity contribution is 9.10. The highest BCUT2D eigenvalue weighted by Crippen LogP contribution is 2.22. The molecule has 0 unspecified atom stereocenters. The highest BCUT2D eigenvalue weighted by Gasteiger charge is 2.05. The Bertz CT molecular complexity index is 668. The predicted molar refractivity (Wildman–Crippen MR) is 70.5 cm³/mol. The number of fused-ring (bicyclic) bond motifs is 1. The Morgan fingerprint density at radius 1 is 0.941 bits per heavy atom. The Morgan fingerprint density at radius 3 is 2.59 bits per heavy atom. The Kier molecular flexibility index (Phi) is 2.57. The van der Waals surface area contributed by atoms with Gasteiger partial charge in [-0.15, -0.1) is 0 Å². The van der Waals surface area contributed by atoms with Gasteiger partial charge in [0.25, 0.3) is 0 Å². The van der Waals surface area contributed by atoms with Gasteiger partial charge < -0.3 is 0 Å². The fourth-order valence-electron chi connectivity index (χ4n) is 1.65. The second-order valence-corrected chi connectivity index (χ2v) is 4.46. The van der Waals surface area contributed by atoms with Crippen molar-refractivity contribution in [3.05, 3.63) is 53.4 Å². The molecule has 82 valence electrons. The molecular weight excluding hydrogens is 278 g/mol. The van der Waals surface area contributed by atoms with Crippen LogP contribution in [0.5, 0.6) is 0 Å². The molecule has 17 heavy (non-hydrogen) atoms. The van der Waals surface area contributed by atoms with E-state index in [9.17, 15) is 0 Å². The van der Waals surface area contributed by atoms with Crippen LogP contribution in [0.15, 0.2) is 53.4 Å². The summed E-state index contributed by atoms with van der Waals surface area (Å²) in [6.45, 7) is 0. The lowest BCUT2D eigenvalue weighted by molar-refractivity contribution is 1.24. The third kappa shape index (κ3) is 1.91. The molecule has 0 spiro atoms. The summed E-state index contributed by atoms with van der Waals surface area (Å²) in [5.41, 5.74) is 3.55. The van der Waals surface area contributed by atoms with Gasteiger partial charge in [-0.3, -0.25) is 9.97 Å². The van der Waals surface area contributed by atoms with Crippen molar-refractivity contribution in [1.29, 1.82) is 0 Å². The summed E-state index contributed by atoms with van der Waals surface area (Å²) in [5.74, 6) is 0. The average Bonchev–Trinajstić information content (AvgIpc) is 2.40. The molecule has 3 rings (SSSR count). The summed E-state index contributed by atoms with van der Waals surface area (Å²) in [5, 5.41) is 0. The lowest BCUT2D eigenvalue weighted by Gasteiger charge is -2.03. The Morgan fingerprint density at radius 2 is 1.76 bits per heavy atom. The Balaban J connectivity index is 2.23. The van der Waals surface area contributed by atoms with Crippen LogP contribution in [0.4, 0.5) is 0 Å². The molecule has 0 amide bonds. The van der Waals surface area contributed by atoms with Crippen LogP contribution in [-0.2, 0) is 0 Å². The molecule has 0 aliphatic carbocycles. The number of hydrogen-bond donors (Lipinski definition) is 0. The number of benzene rings is 1. The van der Waals surface area contributed by atoms with Gasteiger partial charge in [-0.2, -0.15) is 0 Å². The van der Waals surface area contributed by atoms with Crippen LogP contribution < -0.4 is 0 Å². The van der Waals surface area contributed by atoms with Gasteiger partial charge in [0.15, 0.2) is 0 Å². The summed E-state index contributed by atoms with van der Waals surface area (Å²) >= 11 is 3.44. The molecule has 4 heteroatoms. The molecule has 0 fully saturated rings. The summed E-state index contributed by atoms with van der Waals surface area (Å²) in [4.78, 5) is 13.0. The van der Waals surface area contributed by atoms with E-state index in [4.69, 9.17) is 0 Å². The fourth-order valence-corrected chi connectivity index (χ4v) is 2.06. The maximum Gasteiger partial charge on any atom is 0.108 e. The first-order valence-corrected chi connectivity index (χ1v) is 5.95. The number of halogens is 1. The molecule has 0 aliphatic heterocycles. The van der Waals surface area contributed by atoms with Gasteiger partial charge in [-0.05, 0) is 15.9 Å². The van der Waals surface area contributed by atoms with Gasteiger partial charge in [0.2, 0.25) is 0 Å². The van der Waals surface area contributed by atoms with Crippen LogP contribution >= 0.6 is 15.9 Å². The van der Waals surface area contributed by atoms with Crippen molar-refractivity contribution in [2.45, 2.75) is 0 Å². The summed E-state index contributed by atoms with van der Waals surface area (Å²) < 4.78 is 0.861. The van der Waals surface area contributed by atoms with Crippen molar-refractivity contribution in [3.8, 4) is 11.3 Å². The zero-order chi connectivity index (χ0) is 11.7. The smallest absolute Gasteiger partial charge is 0.108 e. The number of rotatable bonds is 1. The van der Waals surface area contributed by atoms with Gasteiger partial charge in [0.1, 0.15) is 11.0 Å². The van der Waals surface area contributed by atoms with Crippen molar-refractivity contribution in [2.75, 3.05) is 0 Å². The molecule has 0 saturated carbocycles. The molecule has 0 N–H and O–H groups in total. The maximum atomic E-state index is 4.60. The second kappa shape index (κ2) is 4.22. The van der Waals surface area contributed by atoms with Crippen molar-refractivity contribution in [3.63, 3.8) is 0 Å². The van der Waals surface area contributed by atoms with Crippen LogP contribution in [0, 0.1) is 0 Å². The van der Waals surface area contributed by atoms with Crippen LogP contribution in [0.25, 0.3) is 22.3 Å². The molecule has 3 aromatic rings. The molecule has 0 saturated heterocycles. The molecule has 2 aromatic heterocycles. The highest BCUT2D eigenvalue weighted by atomic mass is 79.9. The van der Waals surface area contributed by atoms with Gasteiger partial charge in [0.05, 0.1) is 22.6 Å². The monoisotopic (exact) mass is 285 g/mol. The topological polar surface area (TPSA) is 38.7 Å². The van der Waals surface area contributed by atoms with E-state index in [2.05, 4.69) is 30.9 Å². The average molecular weight is 286 g/mol. The quantitative estimate of drug-likeness (QED) is 0.687. The molecule has 1 aromatic carbocycles. The lowest BCUT2D eigenvalue weighted by Crippen LogP contribution is -1.90. The van der Waals surface area contributed by atoms with Crippen molar-refractivity contribution in [1.82, 2.24) is 15.0 Å². The van der Waals surface area contributed by atoms with Gasteiger partial charge in [-0.25, -0.2) is 4.98 Å². The van der Waals surface area contributed by atoms with Gasteiger partial charge >= 0.3 is 0 Å². The molecule has 2 heterocycles. The predicted octanol–water partition coefficient (Wildman–Crippen LogP) is 3.45. The van der Waals surface area contributed by atoms with E-state index in [1.807, 2.05) is 30.3 Å². The summed E-state index contributed by atoms with van der Waals surface area (Å²) in [6.07, 6.45) is 5.21. The lowest BCUT2D eigenvalue weighted by atomic mass is 10.1. The number of hydrogen-bond acceptors (Lipinski definition) is 3. The standard InChI is InChI=1S/C13H8BrN3/c14-10-6-15-7-12-13(10)17-11(8-16-12)9-4-2-1-3-5-9/h1-8H. The van der Waals surface area contributed by atoms with E-state index < -0.39 is 0 Å². The van der Waals surface area contributed by atoms with Crippen LogP contribution in [0.1, 0.15) is 0 Å². The maximum absolute atomic E-state index is 4.60. The number of pyridine rings is 1. The van der Waals surface area contributed by atoms with Crippen LogP contribution in [0.2, 0.25) is 0 Å². The SMILES string of the molecule is Brc1cncc2ncc(-c3ccccc3)nc12. The Labute approximate surface area is 107 Å². The number of aromatic nitrogens is 3. The van der Waals surface area contributed by atoms with Gasteiger partial charge in [-0.1, -0.05) is 30.3 Å². The molecule has 3 nitrogen and oxygen atoms in total. The molecular formula is C13H8BrN3. The minimum atomic E-state index is 0.791. The zero-order valence-electron chi connectivity index (χ0n) is 8.84. The second-order valence-electron chi connectivity index (χ2n) is 3.61. The fraction of sp³-hybridized carbons (Fsp3) is 0. The van der Waals surface area contributed by atoms with Crippen LogP contribution in [0.3, 0.4) is 0 Å². The normalized spacial score (nSPS) is 10.6. The summed E-state index contributed by atoms with van der Waals surface area (Å²) in [6, 6.07) is 10.00. The van der Waals surface area contributed by atoms with Gasteiger partial charge in [0, 0.05) is 11.8 Å². The van der Waals surface area contributed by atoms with E-state index >= 15 is 0 Å². The van der Waals surface area contributed by atoms with Crippen molar-refractivity contribution >= 4 is 27.0 Å². The number of nitrogens with zero attached hydrogens (tertiary/aromatic N) is 3. The zero-order valence-corrected chi connectivity index (χ0v) is 10.4. The van der Waals surface area contributed by atoms with Crippen molar-refractivity contribution < 1.29 is 0 Å². The van der Waals surface area contributed by atoms with E-state index in [1.165, 1.54) is 0 Å². The molecule has 0 radical (unpaired) electrons. The van der Waals surface area contributed by atoms with Crippen molar-refractivity contribution in [2.24, 2.45) is 0 Å². The van der Waals surface area contributed by atoms with E-state index in [0.717, 1.165) is 26.8 Å². The minimum absolute atomic E-state index is 0.791. The largest absolute Gasteiger partial charge is 0.261 e. The Hall–Kier alpha value is -1.81. The molecule has 0 atom stereocenters. The van der Waals surface area contributed by atoms with Crippen LogP contribution in [-0.4, -0.2) is 15.0 Å². The first-order chi connectivity index (χ1) is 8.34. The molecule has 0 aliphatic rings. The molecule has 0 bridgehead atoms. The van der Waals surface area contributed by atoms with E-state index in [-0.39, 0.29) is 0 Å². The first kappa shape index (κ1) is 10.4. The summed E-state index contributed by atoms with van der Waals surface area (Å²) in [7, 11) is 0. The minimum Gasteiger partial charge on any atom is -0.261 e. The first-order valence-electron chi connectivity index (χ1n) is 5.16.